The summed E-state index contributed by atoms with van der Waals surface area (Å²) in [6.45, 7) is 3.32. The van der Waals surface area contributed by atoms with E-state index in [1.807, 2.05) is 4.72 Å². The van der Waals surface area contributed by atoms with Crippen LogP contribution in [0.1, 0.15) is 19.4 Å². The normalized spacial score (nSPS) is 13.4. The van der Waals surface area contributed by atoms with Crippen LogP contribution in [0, 0.1) is 5.92 Å². The largest absolute Gasteiger partial charge is 0.480 e. The molecule has 1 aromatic carbocycles. The molecule has 1 aromatic rings. The fourth-order valence-electron chi connectivity index (χ4n) is 1.70. The zero-order valence-corrected chi connectivity index (χ0v) is 12.2. The Balaban J connectivity index is 2.90. The highest BCUT2D eigenvalue weighted by Crippen LogP contribution is 2.14. The van der Waals surface area contributed by atoms with Gasteiger partial charge in [0.1, 0.15) is 6.04 Å². The molecule has 0 bridgehead atoms. The van der Waals surface area contributed by atoms with Crippen molar-refractivity contribution in [2.45, 2.75) is 31.2 Å². The number of carbonyl (C=O) groups is 1. The van der Waals surface area contributed by atoms with Gasteiger partial charge < -0.3 is 10.2 Å². The van der Waals surface area contributed by atoms with Crippen LogP contribution in [-0.4, -0.2) is 37.2 Å². The monoisotopic (exact) mass is 301 g/mol. The summed E-state index contributed by atoms with van der Waals surface area (Å²) in [5.41, 5.74) is 1.01. The van der Waals surface area contributed by atoms with Gasteiger partial charge in [-0.3, -0.25) is 4.79 Å². The highest BCUT2D eigenvalue weighted by Gasteiger charge is 2.24. The van der Waals surface area contributed by atoms with E-state index in [1.54, 1.807) is 12.1 Å². The van der Waals surface area contributed by atoms with Crippen LogP contribution in [0.3, 0.4) is 0 Å². The number of benzene rings is 1. The number of aliphatic hydroxyl groups is 1. The minimum absolute atomic E-state index is 0.0234. The van der Waals surface area contributed by atoms with Crippen LogP contribution in [-0.2, 0) is 21.2 Å². The third-order valence-corrected chi connectivity index (χ3v) is 4.14. The molecule has 0 unspecified atom stereocenters. The third kappa shape index (κ3) is 4.59. The van der Waals surface area contributed by atoms with Gasteiger partial charge in [0.15, 0.2) is 0 Å². The number of nitrogens with one attached hydrogen (secondary N) is 1. The standard InChI is InChI=1S/C13H19NO5S/c1-9(2)7-10-3-5-11(6-4-10)20(18,19)14-12(8-15)13(16)17/h3-6,9,12,14-15H,7-8H2,1-2H3,(H,16,17)/t12-/m1/s1. The molecule has 0 aliphatic carbocycles. The fourth-order valence-corrected chi connectivity index (χ4v) is 2.88. The molecule has 20 heavy (non-hydrogen) atoms. The van der Waals surface area contributed by atoms with Crippen molar-refractivity contribution in [3.05, 3.63) is 29.8 Å². The summed E-state index contributed by atoms with van der Waals surface area (Å²) in [5.74, 6) is -0.964. The van der Waals surface area contributed by atoms with Crippen molar-refractivity contribution in [2.24, 2.45) is 5.92 Å². The summed E-state index contributed by atoms with van der Waals surface area (Å²) in [6.07, 6.45) is 0.835. The molecule has 0 aromatic heterocycles. The van der Waals surface area contributed by atoms with Crippen LogP contribution >= 0.6 is 0 Å². The van der Waals surface area contributed by atoms with Crippen molar-refractivity contribution in [1.29, 1.82) is 0 Å². The molecule has 0 saturated heterocycles. The van der Waals surface area contributed by atoms with Crippen molar-refractivity contribution in [2.75, 3.05) is 6.61 Å². The maximum Gasteiger partial charge on any atom is 0.324 e. The van der Waals surface area contributed by atoms with Crippen molar-refractivity contribution in [3.8, 4) is 0 Å². The predicted molar refractivity (Wildman–Crippen MR) is 73.8 cm³/mol. The van der Waals surface area contributed by atoms with Crippen LogP contribution in [0.2, 0.25) is 0 Å². The number of carboxylic acids is 1. The molecule has 0 aliphatic rings. The topological polar surface area (TPSA) is 104 Å². The maximum absolute atomic E-state index is 12.0. The number of aliphatic carboxylic acids is 1. The first kappa shape index (κ1) is 16.6. The lowest BCUT2D eigenvalue weighted by Gasteiger charge is -2.12. The molecule has 0 heterocycles. The minimum Gasteiger partial charge on any atom is -0.480 e. The van der Waals surface area contributed by atoms with Gasteiger partial charge in [0, 0.05) is 0 Å². The summed E-state index contributed by atoms with van der Waals surface area (Å²) >= 11 is 0. The van der Waals surface area contributed by atoms with Crippen LogP contribution in [0.25, 0.3) is 0 Å². The Morgan fingerprint density at radius 1 is 1.25 bits per heavy atom. The number of rotatable bonds is 7. The van der Waals surface area contributed by atoms with Gasteiger partial charge >= 0.3 is 5.97 Å². The van der Waals surface area contributed by atoms with E-state index in [9.17, 15) is 13.2 Å². The summed E-state index contributed by atoms with van der Waals surface area (Å²) in [7, 11) is -3.95. The number of sulfonamides is 1. The van der Waals surface area contributed by atoms with Gasteiger partial charge in [-0.15, -0.1) is 0 Å². The number of hydrogen-bond donors (Lipinski definition) is 3. The molecule has 1 atom stereocenters. The van der Waals surface area contributed by atoms with E-state index in [-0.39, 0.29) is 4.90 Å². The molecule has 0 spiro atoms. The third-order valence-electron chi connectivity index (χ3n) is 2.66. The van der Waals surface area contributed by atoms with E-state index >= 15 is 0 Å². The lowest BCUT2D eigenvalue weighted by molar-refractivity contribution is -0.139. The first-order valence-electron chi connectivity index (χ1n) is 6.21. The van der Waals surface area contributed by atoms with Crippen molar-refractivity contribution in [3.63, 3.8) is 0 Å². The van der Waals surface area contributed by atoms with Crippen LogP contribution in [0.5, 0.6) is 0 Å². The molecule has 6 nitrogen and oxygen atoms in total. The van der Waals surface area contributed by atoms with Crippen molar-refractivity contribution >= 4 is 16.0 Å². The predicted octanol–water partition coefficient (Wildman–Crippen LogP) is 0.609. The Kier molecular flexibility index (Phi) is 5.67. The maximum atomic E-state index is 12.0. The summed E-state index contributed by atoms with van der Waals surface area (Å²) in [4.78, 5) is 10.7. The minimum atomic E-state index is -3.95. The van der Waals surface area contributed by atoms with Crippen LogP contribution < -0.4 is 4.72 Å². The van der Waals surface area contributed by atoms with Gasteiger partial charge in [0.25, 0.3) is 0 Å². The number of hydrogen-bond acceptors (Lipinski definition) is 4. The van der Waals surface area contributed by atoms with Gasteiger partial charge in [-0.05, 0) is 30.0 Å². The Bertz CT molecular complexity index is 551. The van der Waals surface area contributed by atoms with Gasteiger partial charge in [-0.1, -0.05) is 26.0 Å². The Morgan fingerprint density at radius 3 is 2.20 bits per heavy atom. The fraction of sp³-hybridized carbons (Fsp3) is 0.462. The van der Waals surface area contributed by atoms with Gasteiger partial charge in [0.05, 0.1) is 11.5 Å². The molecule has 0 radical (unpaired) electrons. The van der Waals surface area contributed by atoms with E-state index < -0.39 is 28.6 Å². The number of aliphatic hydroxyl groups excluding tert-OH is 1. The summed E-state index contributed by atoms with van der Waals surface area (Å²) in [5, 5.41) is 17.6. The van der Waals surface area contributed by atoms with E-state index in [1.165, 1.54) is 12.1 Å². The average molecular weight is 301 g/mol. The quantitative estimate of drug-likeness (QED) is 0.684. The number of carboxylic acid groups (broad SMARTS) is 1. The Hall–Kier alpha value is -1.44. The van der Waals surface area contributed by atoms with Gasteiger partial charge in [-0.25, -0.2) is 8.42 Å². The Labute approximate surface area is 118 Å². The zero-order chi connectivity index (χ0) is 15.3. The molecule has 3 N–H and O–H groups in total. The molecule has 0 fully saturated rings. The lowest BCUT2D eigenvalue weighted by atomic mass is 10.0. The van der Waals surface area contributed by atoms with E-state index in [0.717, 1.165) is 12.0 Å². The second-order valence-corrected chi connectivity index (χ2v) is 6.65. The average Bonchev–Trinajstić information content (AvgIpc) is 2.35. The van der Waals surface area contributed by atoms with Crippen molar-refractivity contribution < 1.29 is 23.4 Å². The van der Waals surface area contributed by atoms with Gasteiger partial charge in [0.2, 0.25) is 10.0 Å². The van der Waals surface area contributed by atoms with E-state index in [4.69, 9.17) is 10.2 Å². The molecule has 0 aliphatic heterocycles. The summed E-state index contributed by atoms with van der Waals surface area (Å²) < 4.78 is 25.8. The molecule has 0 amide bonds. The van der Waals surface area contributed by atoms with E-state index in [2.05, 4.69) is 13.8 Å². The van der Waals surface area contributed by atoms with Crippen LogP contribution in [0.4, 0.5) is 0 Å². The second kappa shape index (κ2) is 6.83. The smallest absolute Gasteiger partial charge is 0.324 e. The lowest BCUT2D eigenvalue weighted by Crippen LogP contribution is -2.43. The van der Waals surface area contributed by atoms with Crippen LogP contribution in [0.15, 0.2) is 29.2 Å². The second-order valence-electron chi connectivity index (χ2n) is 4.94. The molecule has 0 saturated carbocycles. The summed E-state index contributed by atoms with van der Waals surface area (Å²) in [6, 6.07) is 4.70. The molecular formula is C13H19NO5S. The first-order chi connectivity index (χ1) is 9.26. The van der Waals surface area contributed by atoms with E-state index in [0.29, 0.717) is 5.92 Å². The molecule has 1 rings (SSSR count). The zero-order valence-electron chi connectivity index (χ0n) is 11.4. The Morgan fingerprint density at radius 2 is 1.80 bits per heavy atom. The first-order valence-corrected chi connectivity index (χ1v) is 7.69. The SMILES string of the molecule is CC(C)Cc1ccc(S(=O)(=O)N[C@H](CO)C(=O)O)cc1. The molecular weight excluding hydrogens is 282 g/mol. The molecule has 7 heteroatoms. The van der Waals surface area contributed by atoms with Crippen molar-refractivity contribution in [1.82, 2.24) is 4.72 Å². The highest BCUT2D eigenvalue weighted by molar-refractivity contribution is 7.89. The van der Waals surface area contributed by atoms with Gasteiger partial charge in [-0.2, -0.15) is 4.72 Å². The highest BCUT2D eigenvalue weighted by atomic mass is 32.2. The molecule has 112 valence electrons.